The molecular weight excluding hydrogens is 422 g/mol. The molecule has 0 saturated heterocycles. The number of aromatic nitrogens is 1. The summed E-state index contributed by atoms with van der Waals surface area (Å²) in [5, 5.41) is 6.02. The summed E-state index contributed by atoms with van der Waals surface area (Å²) in [7, 11) is 0. The zero-order valence-electron chi connectivity index (χ0n) is 18.0. The van der Waals surface area contributed by atoms with Crippen molar-refractivity contribution in [1.82, 2.24) is 10.3 Å². The predicted octanol–water partition coefficient (Wildman–Crippen LogP) is 5.72. The highest BCUT2D eigenvalue weighted by Gasteiger charge is 2.14. The van der Waals surface area contributed by atoms with E-state index in [9.17, 15) is 4.79 Å². The van der Waals surface area contributed by atoms with Crippen molar-refractivity contribution >= 4 is 40.0 Å². The Balaban J connectivity index is 1.49. The lowest BCUT2D eigenvalue weighted by molar-refractivity contribution is 0.0977. The largest absolute Gasteiger partial charge is 0.491 e. The van der Waals surface area contributed by atoms with Crippen molar-refractivity contribution in [3.05, 3.63) is 77.9 Å². The van der Waals surface area contributed by atoms with Crippen molar-refractivity contribution in [1.29, 1.82) is 0 Å². The van der Waals surface area contributed by atoms with Crippen LogP contribution in [0.5, 0.6) is 5.75 Å². The van der Waals surface area contributed by atoms with E-state index in [4.69, 9.17) is 21.4 Å². The van der Waals surface area contributed by atoms with Crippen LogP contribution in [0.25, 0.3) is 22.6 Å². The molecular formula is C25H23N3O3S. The normalized spacial score (nSPS) is 10.9. The Hall–Kier alpha value is -3.71. The topological polar surface area (TPSA) is 76.4 Å². The SMILES string of the molecule is Cc1c(NC(=S)NC(=O)c2cccc(OC(C)C)c2)cccc1-c1nc2ccccc2o1. The number of fused-ring (bicyclic) bond motifs is 1. The Morgan fingerprint density at radius 1 is 1.06 bits per heavy atom. The molecule has 0 bridgehead atoms. The Bertz CT molecular complexity index is 1260. The first-order valence-electron chi connectivity index (χ1n) is 10.3. The molecule has 4 rings (SSSR count). The molecule has 162 valence electrons. The van der Waals surface area contributed by atoms with Crippen molar-refractivity contribution in [2.24, 2.45) is 0 Å². The number of ether oxygens (including phenoxy) is 1. The van der Waals surface area contributed by atoms with Gasteiger partial charge in [0.25, 0.3) is 5.91 Å². The highest BCUT2D eigenvalue weighted by atomic mass is 32.1. The number of anilines is 1. The third kappa shape index (κ3) is 4.78. The molecule has 3 aromatic carbocycles. The van der Waals surface area contributed by atoms with Gasteiger partial charge in [0.15, 0.2) is 10.7 Å². The molecule has 0 aliphatic rings. The summed E-state index contributed by atoms with van der Waals surface area (Å²) >= 11 is 5.37. The minimum atomic E-state index is -0.315. The van der Waals surface area contributed by atoms with Gasteiger partial charge >= 0.3 is 0 Å². The van der Waals surface area contributed by atoms with E-state index < -0.39 is 0 Å². The van der Waals surface area contributed by atoms with Crippen molar-refractivity contribution in [3.63, 3.8) is 0 Å². The third-order valence-corrected chi connectivity index (χ3v) is 5.01. The van der Waals surface area contributed by atoms with Gasteiger partial charge in [-0.15, -0.1) is 0 Å². The van der Waals surface area contributed by atoms with Crippen LogP contribution in [-0.4, -0.2) is 22.1 Å². The monoisotopic (exact) mass is 445 g/mol. The number of nitrogens with zero attached hydrogens (tertiary/aromatic N) is 1. The summed E-state index contributed by atoms with van der Waals surface area (Å²) in [6.45, 7) is 5.82. The van der Waals surface area contributed by atoms with Gasteiger partial charge in [0.1, 0.15) is 11.3 Å². The number of rotatable bonds is 5. The van der Waals surface area contributed by atoms with Gasteiger partial charge in [0.05, 0.1) is 6.10 Å². The molecule has 1 amide bonds. The zero-order valence-corrected chi connectivity index (χ0v) is 18.8. The molecule has 32 heavy (non-hydrogen) atoms. The second kappa shape index (κ2) is 9.20. The average Bonchev–Trinajstić information content (AvgIpc) is 3.19. The molecule has 1 heterocycles. The average molecular weight is 446 g/mol. The molecule has 4 aromatic rings. The number of hydrogen-bond acceptors (Lipinski definition) is 5. The van der Waals surface area contributed by atoms with Crippen LogP contribution in [0.4, 0.5) is 5.69 Å². The lowest BCUT2D eigenvalue weighted by Gasteiger charge is -2.14. The zero-order chi connectivity index (χ0) is 22.7. The van der Waals surface area contributed by atoms with Crippen molar-refractivity contribution in [2.45, 2.75) is 26.9 Å². The van der Waals surface area contributed by atoms with Crippen molar-refractivity contribution in [2.75, 3.05) is 5.32 Å². The predicted molar refractivity (Wildman–Crippen MR) is 130 cm³/mol. The summed E-state index contributed by atoms with van der Waals surface area (Å²) in [5.74, 6) is 0.849. The van der Waals surface area contributed by atoms with E-state index >= 15 is 0 Å². The fraction of sp³-hybridized carbons (Fsp3) is 0.160. The molecule has 0 fully saturated rings. The summed E-state index contributed by atoms with van der Waals surface area (Å²) < 4.78 is 11.6. The minimum absolute atomic E-state index is 0.0209. The fourth-order valence-electron chi connectivity index (χ4n) is 3.30. The Labute approximate surface area is 191 Å². The van der Waals surface area contributed by atoms with Crippen molar-refractivity contribution in [3.8, 4) is 17.2 Å². The number of thiocarbonyl (C=S) groups is 1. The van der Waals surface area contributed by atoms with Crippen LogP contribution in [-0.2, 0) is 0 Å². The smallest absolute Gasteiger partial charge is 0.257 e. The van der Waals surface area contributed by atoms with E-state index in [1.807, 2.05) is 69.3 Å². The van der Waals surface area contributed by atoms with Gasteiger partial charge in [-0.05, 0) is 81.0 Å². The molecule has 0 aliphatic carbocycles. The molecule has 0 radical (unpaired) electrons. The van der Waals surface area contributed by atoms with E-state index in [1.165, 1.54) is 0 Å². The van der Waals surface area contributed by atoms with Gasteiger partial charge in [0.2, 0.25) is 5.89 Å². The maximum atomic E-state index is 12.6. The maximum absolute atomic E-state index is 12.6. The number of para-hydroxylation sites is 2. The van der Waals surface area contributed by atoms with Gasteiger partial charge in [-0.3, -0.25) is 10.1 Å². The number of hydrogen-bond donors (Lipinski definition) is 2. The van der Waals surface area contributed by atoms with Gasteiger partial charge in [-0.2, -0.15) is 0 Å². The van der Waals surface area contributed by atoms with Crippen LogP contribution in [0.15, 0.2) is 71.1 Å². The van der Waals surface area contributed by atoms with Crippen LogP contribution in [0, 0.1) is 6.92 Å². The Kier molecular flexibility index (Phi) is 6.18. The second-order valence-electron chi connectivity index (χ2n) is 7.57. The number of amides is 1. The number of carbonyl (C=O) groups is 1. The highest BCUT2D eigenvalue weighted by Crippen LogP contribution is 2.30. The molecule has 0 aliphatic heterocycles. The molecule has 6 nitrogen and oxygen atoms in total. The van der Waals surface area contributed by atoms with Crippen LogP contribution in [0.3, 0.4) is 0 Å². The lowest BCUT2D eigenvalue weighted by atomic mass is 10.1. The number of carbonyl (C=O) groups excluding carboxylic acids is 1. The lowest BCUT2D eigenvalue weighted by Crippen LogP contribution is -2.34. The van der Waals surface area contributed by atoms with E-state index in [1.54, 1.807) is 18.2 Å². The van der Waals surface area contributed by atoms with E-state index in [-0.39, 0.29) is 17.1 Å². The fourth-order valence-corrected chi connectivity index (χ4v) is 3.50. The van der Waals surface area contributed by atoms with E-state index in [0.29, 0.717) is 17.2 Å². The first-order chi connectivity index (χ1) is 15.4. The number of benzene rings is 3. The highest BCUT2D eigenvalue weighted by molar-refractivity contribution is 7.80. The van der Waals surface area contributed by atoms with Crippen LogP contribution < -0.4 is 15.4 Å². The number of oxazole rings is 1. The standard InChI is InChI=1S/C25H23N3O3S/c1-15(2)30-18-9-6-8-17(14-18)23(29)28-25(32)27-20-12-7-10-19(16(20)3)24-26-21-11-4-5-13-22(21)31-24/h4-15H,1-3H3,(H2,27,28,29,32). The van der Waals surface area contributed by atoms with Gasteiger partial charge in [-0.25, -0.2) is 4.98 Å². The van der Waals surface area contributed by atoms with Crippen LogP contribution >= 0.6 is 12.2 Å². The van der Waals surface area contributed by atoms with Crippen LogP contribution in [0.2, 0.25) is 0 Å². The molecule has 0 spiro atoms. The first-order valence-corrected chi connectivity index (χ1v) is 10.7. The second-order valence-corrected chi connectivity index (χ2v) is 7.98. The summed E-state index contributed by atoms with van der Waals surface area (Å²) in [4.78, 5) is 17.2. The van der Waals surface area contributed by atoms with E-state index in [0.717, 1.165) is 27.9 Å². The van der Waals surface area contributed by atoms with E-state index in [2.05, 4.69) is 15.6 Å². The summed E-state index contributed by atoms with van der Waals surface area (Å²) in [5.41, 5.74) is 4.50. The Morgan fingerprint density at radius 3 is 2.62 bits per heavy atom. The van der Waals surface area contributed by atoms with Gasteiger partial charge in [0, 0.05) is 16.8 Å². The molecule has 0 saturated carbocycles. The molecule has 7 heteroatoms. The van der Waals surface area contributed by atoms with Gasteiger partial charge in [-0.1, -0.05) is 24.3 Å². The summed E-state index contributed by atoms with van der Waals surface area (Å²) in [6.07, 6.45) is 0.0209. The number of nitrogens with one attached hydrogen (secondary N) is 2. The molecule has 0 unspecified atom stereocenters. The third-order valence-electron chi connectivity index (χ3n) is 4.80. The van der Waals surface area contributed by atoms with Gasteiger partial charge < -0.3 is 14.5 Å². The molecule has 2 N–H and O–H groups in total. The summed E-state index contributed by atoms with van der Waals surface area (Å²) in [6, 6.07) is 20.3. The maximum Gasteiger partial charge on any atom is 0.257 e. The van der Waals surface area contributed by atoms with Crippen LogP contribution in [0.1, 0.15) is 29.8 Å². The molecule has 1 aromatic heterocycles. The Morgan fingerprint density at radius 2 is 1.84 bits per heavy atom. The minimum Gasteiger partial charge on any atom is -0.491 e. The first kappa shape index (κ1) is 21.5. The molecule has 0 atom stereocenters. The van der Waals surface area contributed by atoms with Crippen molar-refractivity contribution < 1.29 is 13.9 Å². The quantitative estimate of drug-likeness (QED) is 0.383.